The highest BCUT2D eigenvalue weighted by molar-refractivity contribution is 6.35. The molecule has 1 aliphatic heterocycles. The zero-order chi connectivity index (χ0) is 21.1. The zero-order valence-electron chi connectivity index (χ0n) is 18.4. The van der Waals surface area contributed by atoms with Gasteiger partial charge in [-0.25, -0.2) is 0 Å². The van der Waals surface area contributed by atoms with Crippen molar-refractivity contribution < 1.29 is 9.59 Å². The predicted molar refractivity (Wildman–Crippen MR) is 121 cm³/mol. The van der Waals surface area contributed by atoms with E-state index in [0.29, 0.717) is 19.0 Å². The van der Waals surface area contributed by atoms with Crippen molar-refractivity contribution in [1.29, 1.82) is 0 Å². The van der Waals surface area contributed by atoms with Crippen molar-refractivity contribution in [1.82, 2.24) is 16.0 Å². The Balaban J connectivity index is 1.51. The van der Waals surface area contributed by atoms with E-state index in [0.717, 1.165) is 37.9 Å². The predicted octanol–water partition coefficient (Wildman–Crippen LogP) is 3.58. The first-order valence-corrected chi connectivity index (χ1v) is 12.0. The number of amides is 2. The number of hydrogen-bond donors (Lipinski definition) is 3. The second kappa shape index (κ2) is 12.1. The Kier molecular flexibility index (Phi) is 9.19. The Morgan fingerprint density at radius 3 is 2.23 bits per heavy atom. The van der Waals surface area contributed by atoms with E-state index in [9.17, 15) is 9.59 Å². The van der Waals surface area contributed by atoms with Gasteiger partial charge in [-0.05, 0) is 50.1 Å². The summed E-state index contributed by atoms with van der Waals surface area (Å²) in [6.45, 7) is 3.09. The maximum absolute atomic E-state index is 12.5. The minimum Gasteiger partial charge on any atom is -0.348 e. The van der Waals surface area contributed by atoms with Crippen LogP contribution in [0.25, 0.3) is 0 Å². The Morgan fingerprint density at radius 2 is 1.57 bits per heavy atom. The fourth-order valence-corrected chi connectivity index (χ4v) is 5.26. The van der Waals surface area contributed by atoms with Gasteiger partial charge in [0.25, 0.3) is 0 Å². The molecule has 0 bridgehead atoms. The first kappa shape index (κ1) is 22.8. The number of hydrogen-bond acceptors (Lipinski definition) is 3. The fraction of sp³-hybridized carbons (Fsp3) is 0.680. The number of carbonyl (C=O) groups is 2. The molecule has 5 nitrogen and oxygen atoms in total. The maximum atomic E-state index is 12.5. The molecular weight excluding hydrogens is 374 g/mol. The van der Waals surface area contributed by atoms with E-state index in [4.69, 9.17) is 0 Å². The lowest BCUT2D eigenvalue weighted by molar-refractivity contribution is -0.139. The van der Waals surface area contributed by atoms with Crippen LogP contribution in [0, 0.1) is 11.3 Å². The largest absolute Gasteiger partial charge is 0.348 e. The average molecular weight is 414 g/mol. The van der Waals surface area contributed by atoms with Gasteiger partial charge in [-0.3, -0.25) is 9.59 Å². The zero-order valence-corrected chi connectivity index (χ0v) is 18.4. The molecule has 1 aromatic carbocycles. The monoisotopic (exact) mass is 413 g/mol. The van der Waals surface area contributed by atoms with Gasteiger partial charge >= 0.3 is 11.8 Å². The first-order chi connectivity index (χ1) is 14.7. The molecule has 0 radical (unpaired) electrons. The maximum Gasteiger partial charge on any atom is 0.309 e. The molecule has 1 heterocycles. The summed E-state index contributed by atoms with van der Waals surface area (Å²) in [6, 6.07) is 10.0. The summed E-state index contributed by atoms with van der Waals surface area (Å²) in [7, 11) is 0. The molecule has 3 N–H and O–H groups in total. The lowest BCUT2D eigenvalue weighted by Crippen LogP contribution is -2.53. The summed E-state index contributed by atoms with van der Waals surface area (Å²) in [5, 5.41) is 9.35. The first-order valence-electron chi connectivity index (χ1n) is 12.0. The molecule has 1 atom stereocenters. The van der Waals surface area contributed by atoms with Gasteiger partial charge in [-0.2, -0.15) is 0 Å². The van der Waals surface area contributed by atoms with Crippen LogP contribution >= 0.6 is 0 Å². The van der Waals surface area contributed by atoms with Crippen molar-refractivity contribution in [3.05, 3.63) is 35.9 Å². The molecule has 1 saturated heterocycles. The van der Waals surface area contributed by atoms with Gasteiger partial charge < -0.3 is 16.0 Å². The van der Waals surface area contributed by atoms with Crippen LogP contribution < -0.4 is 16.0 Å². The SMILES string of the molecule is O=C(NCCc1ccccc1)C(=O)NCC1(C2CCCCCCCC2)CCCNC1. The molecule has 1 saturated carbocycles. The minimum absolute atomic E-state index is 0.0859. The molecular formula is C25H39N3O2. The van der Waals surface area contributed by atoms with Crippen LogP contribution in [0.1, 0.15) is 69.8 Å². The van der Waals surface area contributed by atoms with Crippen molar-refractivity contribution in [3.63, 3.8) is 0 Å². The smallest absolute Gasteiger partial charge is 0.309 e. The Morgan fingerprint density at radius 1 is 0.900 bits per heavy atom. The number of nitrogens with one attached hydrogen (secondary N) is 3. The van der Waals surface area contributed by atoms with Crippen molar-refractivity contribution >= 4 is 11.8 Å². The normalized spacial score (nSPS) is 23.6. The lowest BCUT2D eigenvalue weighted by Gasteiger charge is -2.44. The molecule has 2 fully saturated rings. The molecule has 166 valence electrons. The van der Waals surface area contributed by atoms with E-state index in [2.05, 4.69) is 16.0 Å². The summed E-state index contributed by atoms with van der Waals surface area (Å²) in [5.74, 6) is -0.375. The Bertz CT molecular complexity index is 646. The molecule has 1 aromatic rings. The van der Waals surface area contributed by atoms with Gasteiger partial charge in [0.2, 0.25) is 0 Å². The van der Waals surface area contributed by atoms with E-state index in [1.54, 1.807) is 0 Å². The Hall–Kier alpha value is -1.88. The molecule has 1 aliphatic carbocycles. The number of benzene rings is 1. The van der Waals surface area contributed by atoms with Gasteiger partial charge in [0.15, 0.2) is 0 Å². The van der Waals surface area contributed by atoms with Crippen molar-refractivity contribution in [3.8, 4) is 0 Å². The second-order valence-corrected chi connectivity index (χ2v) is 9.21. The van der Waals surface area contributed by atoms with Crippen molar-refractivity contribution in [2.75, 3.05) is 26.2 Å². The summed E-state index contributed by atoms with van der Waals surface area (Å²) in [6.07, 6.45) is 13.5. The quantitative estimate of drug-likeness (QED) is 0.624. The molecule has 3 rings (SSSR count). The number of piperidine rings is 1. The molecule has 2 aliphatic rings. The molecule has 5 heteroatoms. The van der Waals surface area contributed by atoms with Crippen LogP contribution in [0.15, 0.2) is 30.3 Å². The highest BCUT2D eigenvalue weighted by Crippen LogP contribution is 2.41. The fourth-order valence-electron chi connectivity index (χ4n) is 5.26. The van der Waals surface area contributed by atoms with E-state index < -0.39 is 11.8 Å². The summed E-state index contributed by atoms with van der Waals surface area (Å²) in [5.41, 5.74) is 1.24. The molecule has 1 unspecified atom stereocenters. The second-order valence-electron chi connectivity index (χ2n) is 9.21. The third kappa shape index (κ3) is 6.83. The van der Waals surface area contributed by atoms with Crippen molar-refractivity contribution in [2.45, 2.75) is 70.6 Å². The van der Waals surface area contributed by atoms with E-state index >= 15 is 0 Å². The van der Waals surface area contributed by atoms with E-state index in [1.807, 2.05) is 30.3 Å². The van der Waals surface area contributed by atoms with E-state index in [1.165, 1.54) is 51.4 Å². The van der Waals surface area contributed by atoms with Crippen LogP contribution in [0.5, 0.6) is 0 Å². The van der Waals surface area contributed by atoms with Gasteiger partial charge in [0, 0.05) is 25.0 Å². The summed E-state index contributed by atoms with van der Waals surface area (Å²) in [4.78, 5) is 24.8. The third-order valence-corrected chi connectivity index (χ3v) is 7.08. The van der Waals surface area contributed by atoms with Crippen LogP contribution in [-0.2, 0) is 16.0 Å². The van der Waals surface area contributed by atoms with Crippen LogP contribution in [0.4, 0.5) is 0 Å². The summed E-state index contributed by atoms with van der Waals surface area (Å²) < 4.78 is 0. The van der Waals surface area contributed by atoms with E-state index in [-0.39, 0.29) is 5.41 Å². The average Bonchev–Trinajstić information content (AvgIpc) is 2.93. The topological polar surface area (TPSA) is 70.2 Å². The standard InChI is InChI=1S/C25H39N3O2/c29-23(27-18-15-21-11-6-5-7-12-21)24(30)28-20-25(16-10-17-26-19-25)22-13-8-3-1-2-4-9-14-22/h5-7,11-12,22,26H,1-4,8-10,13-20H2,(H,27,29)(H,28,30). The van der Waals surface area contributed by atoms with Crippen LogP contribution in [0.2, 0.25) is 0 Å². The minimum atomic E-state index is -0.515. The van der Waals surface area contributed by atoms with Crippen molar-refractivity contribution in [2.24, 2.45) is 11.3 Å². The van der Waals surface area contributed by atoms with Gasteiger partial charge in [0.05, 0.1) is 0 Å². The third-order valence-electron chi connectivity index (χ3n) is 7.08. The Labute approximate surface area is 181 Å². The molecule has 30 heavy (non-hydrogen) atoms. The highest BCUT2D eigenvalue weighted by atomic mass is 16.2. The summed E-state index contributed by atoms with van der Waals surface area (Å²) >= 11 is 0. The van der Waals surface area contributed by atoms with Crippen LogP contribution in [-0.4, -0.2) is 38.0 Å². The highest BCUT2D eigenvalue weighted by Gasteiger charge is 2.39. The van der Waals surface area contributed by atoms with Crippen LogP contribution in [0.3, 0.4) is 0 Å². The van der Waals surface area contributed by atoms with Gasteiger partial charge in [-0.15, -0.1) is 0 Å². The van der Waals surface area contributed by atoms with Gasteiger partial charge in [0.1, 0.15) is 0 Å². The number of rotatable bonds is 6. The molecule has 0 spiro atoms. The van der Waals surface area contributed by atoms with Gasteiger partial charge in [-0.1, -0.05) is 68.9 Å². The lowest BCUT2D eigenvalue weighted by atomic mass is 9.67. The molecule has 0 aromatic heterocycles. The molecule has 2 amide bonds. The number of carbonyl (C=O) groups excluding carboxylic acids is 2.